The van der Waals surface area contributed by atoms with Gasteiger partial charge in [0.25, 0.3) is 0 Å². The molecular weight excluding hydrogens is 164 g/mol. The van der Waals surface area contributed by atoms with Gasteiger partial charge in [-0.05, 0) is 19.3 Å². The summed E-state index contributed by atoms with van der Waals surface area (Å²) in [6.07, 6.45) is 3.64. The van der Waals surface area contributed by atoms with Crippen LogP contribution in [-0.2, 0) is 4.74 Å². The van der Waals surface area contributed by atoms with Gasteiger partial charge in [0.1, 0.15) is 0 Å². The molecule has 1 spiro atoms. The van der Waals surface area contributed by atoms with Gasteiger partial charge in [0.2, 0.25) is 0 Å². The summed E-state index contributed by atoms with van der Waals surface area (Å²) >= 11 is 0. The van der Waals surface area contributed by atoms with Gasteiger partial charge in [0, 0.05) is 31.3 Å². The van der Waals surface area contributed by atoms with Crippen molar-refractivity contribution in [1.29, 1.82) is 0 Å². The minimum Gasteiger partial charge on any atom is -0.381 e. The highest BCUT2D eigenvalue weighted by Crippen LogP contribution is 2.38. The van der Waals surface area contributed by atoms with Gasteiger partial charge in [-0.3, -0.25) is 4.90 Å². The zero-order valence-electron chi connectivity index (χ0n) is 7.88. The highest BCUT2D eigenvalue weighted by Gasteiger charge is 2.44. The van der Waals surface area contributed by atoms with Gasteiger partial charge in [-0.2, -0.15) is 0 Å². The van der Waals surface area contributed by atoms with Crippen molar-refractivity contribution < 1.29 is 4.74 Å². The van der Waals surface area contributed by atoms with E-state index in [2.05, 4.69) is 16.9 Å². The minimum absolute atomic E-state index is 0.419. The Bertz CT molecular complexity index is 235. The molecule has 3 nitrogen and oxygen atoms in total. The molecule has 3 heteroatoms. The fourth-order valence-corrected chi connectivity index (χ4v) is 2.29. The second-order valence-corrected chi connectivity index (χ2v) is 3.83. The highest BCUT2D eigenvalue weighted by molar-refractivity contribution is 5.07. The lowest BCUT2D eigenvalue weighted by Gasteiger charge is -2.54. The summed E-state index contributed by atoms with van der Waals surface area (Å²) in [6, 6.07) is 2.47. The summed E-state index contributed by atoms with van der Waals surface area (Å²) in [6.45, 7) is 3.82. The van der Waals surface area contributed by atoms with E-state index in [0.29, 0.717) is 5.54 Å². The van der Waals surface area contributed by atoms with Gasteiger partial charge in [-0.1, -0.05) is 5.92 Å². The molecule has 0 aromatic heterocycles. The molecule has 13 heavy (non-hydrogen) atoms. The van der Waals surface area contributed by atoms with Crippen LogP contribution in [0.2, 0.25) is 0 Å². The number of likely N-dealkylation sites (tertiary alicyclic amines) is 1. The van der Waals surface area contributed by atoms with E-state index in [0.717, 1.165) is 19.8 Å². The number of hydrogen-bond donors (Lipinski definition) is 1. The summed E-state index contributed by atoms with van der Waals surface area (Å²) in [5.41, 5.74) is 5.58. The van der Waals surface area contributed by atoms with Crippen LogP contribution in [0.25, 0.3) is 0 Å². The third kappa shape index (κ3) is 1.52. The maximum absolute atomic E-state index is 5.37. The Labute approximate surface area is 79.2 Å². The number of hydrogen-bond acceptors (Lipinski definition) is 3. The van der Waals surface area contributed by atoms with Crippen molar-refractivity contribution in [2.24, 2.45) is 5.73 Å². The first-order valence-electron chi connectivity index (χ1n) is 4.89. The van der Waals surface area contributed by atoms with Crippen LogP contribution >= 0.6 is 0 Å². The minimum atomic E-state index is 0.419. The number of ether oxygens (including phenoxy) is 1. The third-order valence-corrected chi connectivity index (χ3v) is 3.31. The molecule has 0 aromatic rings. The molecule has 2 aliphatic rings. The van der Waals surface area contributed by atoms with Crippen LogP contribution in [-0.4, -0.2) is 36.7 Å². The Balaban J connectivity index is 1.93. The Hall–Kier alpha value is -0.720. The molecule has 0 unspecified atom stereocenters. The van der Waals surface area contributed by atoms with Crippen LogP contribution in [0.5, 0.6) is 0 Å². The van der Waals surface area contributed by atoms with Gasteiger partial charge >= 0.3 is 0 Å². The first-order valence-corrected chi connectivity index (χ1v) is 4.89. The van der Waals surface area contributed by atoms with Crippen LogP contribution < -0.4 is 5.73 Å². The van der Waals surface area contributed by atoms with Crippen LogP contribution in [0.1, 0.15) is 19.3 Å². The third-order valence-electron chi connectivity index (χ3n) is 3.31. The van der Waals surface area contributed by atoms with Crippen LogP contribution in [0.3, 0.4) is 0 Å². The molecule has 0 saturated carbocycles. The summed E-state index contributed by atoms with van der Waals surface area (Å²) < 4.78 is 5.37. The molecule has 2 rings (SSSR count). The van der Waals surface area contributed by atoms with Crippen molar-refractivity contribution in [3.8, 4) is 12.0 Å². The molecular formula is C10H16N2O. The van der Waals surface area contributed by atoms with Gasteiger partial charge < -0.3 is 10.5 Å². The smallest absolute Gasteiger partial charge is 0.0624 e. The maximum atomic E-state index is 5.37. The molecule has 0 atom stereocenters. The van der Waals surface area contributed by atoms with Crippen molar-refractivity contribution in [2.75, 3.05) is 26.3 Å². The molecule has 2 heterocycles. The van der Waals surface area contributed by atoms with Crippen LogP contribution in [0.15, 0.2) is 0 Å². The lowest BCUT2D eigenvalue weighted by molar-refractivity contribution is -0.0823. The number of rotatable bonds is 1. The predicted molar refractivity (Wildman–Crippen MR) is 50.9 cm³/mol. The average molecular weight is 180 g/mol. The van der Waals surface area contributed by atoms with Crippen LogP contribution in [0.4, 0.5) is 0 Å². The van der Waals surface area contributed by atoms with E-state index in [1.54, 1.807) is 0 Å². The standard InChI is InChI=1S/C10H16N2O/c11-5-1-6-12-7-2-10(12)3-8-13-9-4-10/h2-4,6-9,11H2. The molecule has 2 fully saturated rings. The summed E-state index contributed by atoms with van der Waals surface area (Å²) in [5.74, 6) is 2.93. The lowest BCUT2D eigenvalue weighted by Crippen LogP contribution is -2.62. The SMILES string of the molecule is NC#CCN1CCC12CCOCC2. The molecule has 0 amide bonds. The quantitative estimate of drug-likeness (QED) is 0.461. The van der Waals surface area contributed by atoms with E-state index in [1.807, 2.05) is 0 Å². The molecule has 0 aromatic carbocycles. The largest absolute Gasteiger partial charge is 0.381 e. The summed E-state index contributed by atoms with van der Waals surface area (Å²) in [7, 11) is 0. The Morgan fingerprint density at radius 3 is 2.62 bits per heavy atom. The van der Waals surface area contributed by atoms with Crippen molar-refractivity contribution in [1.82, 2.24) is 4.90 Å². The molecule has 2 aliphatic heterocycles. The van der Waals surface area contributed by atoms with Crippen LogP contribution in [0, 0.1) is 12.0 Å². The topological polar surface area (TPSA) is 38.5 Å². The Morgan fingerprint density at radius 1 is 1.31 bits per heavy atom. The van der Waals surface area contributed by atoms with Crippen molar-refractivity contribution in [3.63, 3.8) is 0 Å². The highest BCUT2D eigenvalue weighted by atomic mass is 16.5. The van der Waals surface area contributed by atoms with E-state index in [4.69, 9.17) is 10.5 Å². The fraction of sp³-hybridized carbons (Fsp3) is 0.800. The Morgan fingerprint density at radius 2 is 2.08 bits per heavy atom. The monoisotopic (exact) mass is 180 g/mol. The van der Waals surface area contributed by atoms with Crippen molar-refractivity contribution in [3.05, 3.63) is 0 Å². The molecule has 0 aliphatic carbocycles. The fourth-order valence-electron chi connectivity index (χ4n) is 2.29. The zero-order valence-corrected chi connectivity index (χ0v) is 7.88. The Kier molecular flexibility index (Phi) is 2.43. The summed E-state index contributed by atoms with van der Waals surface area (Å²) in [5, 5.41) is 0. The molecule has 0 radical (unpaired) electrons. The van der Waals surface area contributed by atoms with E-state index >= 15 is 0 Å². The zero-order chi connectivity index (χ0) is 9.15. The van der Waals surface area contributed by atoms with Crippen molar-refractivity contribution in [2.45, 2.75) is 24.8 Å². The lowest BCUT2D eigenvalue weighted by atomic mass is 9.78. The first kappa shape index (κ1) is 8.86. The van der Waals surface area contributed by atoms with E-state index in [9.17, 15) is 0 Å². The average Bonchev–Trinajstić information content (AvgIpc) is 2.18. The van der Waals surface area contributed by atoms with Gasteiger partial charge in [0.05, 0.1) is 6.54 Å². The first-order chi connectivity index (χ1) is 6.37. The predicted octanol–water partition coefficient (Wildman–Crippen LogP) is 0.161. The van der Waals surface area contributed by atoms with E-state index in [-0.39, 0.29) is 0 Å². The van der Waals surface area contributed by atoms with Crippen molar-refractivity contribution >= 4 is 0 Å². The molecule has 2 N–H and O–H groups in total. The molecule has 72 valence electrons. The number of nitrogens with two attached hydrogens (primary N) is 1. The second kappa shape index (κ2) is 3.57. The number of nitrogens with zero attached hydrogens (tertiary/aromatic N) is 1. The molecule has 0 bridgehead atoms. The summed E-state index contributed by atoms with van der Waals surface area (Å²) in [4.78, 5) is 2.44. The van der Waals surface area contributed by atoms with E-state index < -0.39 is 0 Å². The van der Waals surface area contributed by atoms with Gasteiger partial charge in [-0.15, -0.1) is 0 Å². The van der Waals surface area contributed by atoms with E-state index in [1.165, 1.54) is 25.8 Å². The van der Waals surface area contributed by atoms with Gasteiger partial charge in [-0.25, -0.2) is 0 Å². The normalized spacial score (nSPS) is 26.2. The molecule has 2 saturated heterocycles. The second-order valence-electron chi connectivity index (χ2n) is 3.83. The van der Waals surface area contributed by atoms with Gasteiger partial charge in [0.15, 0.2) is 0 Å². The maximum Gasteiger partial charge on any atom is 0.0624 e.